The van der Waals surface area contributed by atoms with E-state index < -0.39 is 6.04 Å². The largest absolute Gasteiger partial charge is 0.346 e. The molecule has 1 aromatic heterocycles. The molecular formula is C14H26Cl2N4O2S. The Bertz CT molecular complexity index is 497. The molecule has 1 aromatic rings. The zero-order valence-corrected chi connectivity index (χ0v) is 16.2. The Hall–Kier alpha value is -0.890. The second-order valence-corrected chi connectivity index (χ2v) is 6.24. The number of nitrogens with one attached hydrogen (secondary N) is 2. The molecule has 1 unspecified atom stereocenters. The standard InChI is InChI=1S/C14H24N4O2S.2ClH/c1-5-12-18-10(7-21-12)9(4)17-11(19)6-16-14(20)13(15)8(2)3;;/h7-9,13H,5-6,15H2,1-4H3,(H,16,20)(H,17,19);2*1H/t9?,13-;;/m0../s1. The third-order valence-electron chi connectivity index (χ3n) is 3.14. The van der Waals surface area contributed by atoms with Gasteiger partial charge in [0.05, 0.1) is 29.3 Å². The number of amides is 2. The fourth-order valence-corrected chi connectivity index (χ4v) is 2.48. The van der Waals surface area contributed by atoms with Gasteiger partial charge < -0.3 is 16.4 Å². The van der Waals surface area contributed by atoms with Gasteiger partial charge in [-0.25, -0.2) is 4.98 Å². The van der Waals surface area contributed by atoms with Crippen molar-refractivity contribution in [2.45, 2.75) is 46.2 Å². The van der Waals surface area contributed by atoms with Crippen LogP contribution in [0.3, 0.4) is 0 Å². The van der Waals surface area contributed by atoms with Gasteiger partial charge in [-0.1, -0.05) is 20.8 Å². The Labute approximate surface area is 153 Å². The van der Waals surface area contributed by atoms with Gasteiger partial charge in [0, 0.05) is 5.38 Å². The smallest absolute Gasteiger partial charge is 0.239 e. The van der Waals surface area contributed by atoms with E-state index in [1.165, 1.54) is 0 Å². The maximum atomic E-state index is 11.8. The number of hydrogen-bond donors (Lipinski definition) is 3. The zero-order valence-electron chi connectivity index (χ0n) is 13.8. The van der Waals surface area contributed by atoms with E-state index in [9.17, 15) is 9.59 Å². The summed E-state index contributed by atoms with van der Waals surface area (Å²) in [6.07, 6.45) is 0.883. The Morgan fingerprint density at radius 1 is 1.30 bits per heavy atom. The topological polar surface area (TPSA) is 97.1 Å². The molecule has 1 heterocycles. The van der Waals surface area contributed by atoms with Gasteiger partial charge in [0.2, 0.25) is 11.8 Å². The lowest BCUT2D eigenvalue weighted by Gasteiger charge is -2.16. The number of carbonyl (C=O) groups excluding carboxylic acids is 2. The summed E-state index contributed by atoms with van der Waals surface area (Å²) >= 11 is 1.58. The predicted molar refractivity (Wildman–Crippen MR) is 98.4 cm³/mol. The number of nitrogens with zero attached hydrogens (tertiary/aromatic N) is 1. The number of rotatable bonds is 7. The van der Waals surface area contributed by atoms with Crippen LogP contribution in [0.5, 0.6) is 0 Å². The van der Waals surface area contributed by atoms with Gasteiger partial charge in [0.1, 0.15) is 0 Å². The first-order valence-electron chi connectivity index (χ1n) is 7.12. The van der Waals surface area contributed by atoms with Gasteiger partial charge in [-0.3, -0.25) is 9.59 Å². The summed E-state index contributed by atoms with van der Waals surface area (Å²) in [4.78, 5) is 27.9. The van der Waals surface area contributed by atoms with E-state index in [1.807, 2.05) is 33.1 Å². The normalized spacial score (nSPS) is 12.6. The van der Waals surface area contributed by atoms with Crippen molar-refractivity contribution in [2.24, 2.45) is 11.7 Å². The van der Waals surface area contributed by atoms with Gasteiger partial charge in [0.25, 0.3) is 0 Å². The molecule has 4 N–H and O–H groups in total. The van der Waals surface area contributed by atoms with Gasteiger partial charge in [-0.15, -0.1) is 36.2 Å². The number of aryl methyl sites for hydroxylation is 1. The van der Waals surface area contributed by atoms with E-state index in [2.05, 4.69) is 15.6 Å². The Morgan fingerprint density at radius 2 is 1.91 bits per heavy atom. The molecule has 0 fully saturated rings. The van der Waals surface area contributed by atoms with Crippen LogP contribution >= 0.6 is 36.2 Å². The van der Waals surface area contributed by atoms with Crippen molar-refractivity contribution in [2.75, 3.05) is 6.54 Å². The third-order valence-corrected chi connectivity index (χ3v) is 4.15. The van der Waals surface area contributed by atoms with Crippen LogP contribution in [0.15, 0.2) is 5.38 Å². The molecule has 2 atom stereocenters. The molecule has 23 heavy (non-hydrogen) atoms. The maximum absolute atomic E-state index is 11.8. The molecule has 0 saturated heterocycles. The summed E-state index contributed by atoms with van der Waals surface area (Å²) in [7, 11) is 0. The summed E-state index contributed by atoms with van der Waals surface area (Å²) in [5.74, 6) is -0.526. The molecule has 0 bridgehead atoms. The summed E-state index contributed by atoms with van der Waals surface area (Å²) in [6, 6.07) is -0.773. The summed E-state index contributed by atoms with van der Waals surface area (Å²) in [6.45, 7) is 7.56. The molecule has 0 aliphatic carbocycles. The Kier molecular flexibility index (Phi) is 12.3. The van der Waals surface area contributed by atoms with Crippen molar-refractivity contribution in [3.8, 4) is 0 Å². The molecule has 0 radical (unpaired) electrons. The zero-order chi connectivity index (χ0) is 16.0. The highest BCUT2D eigenvalue weighted by atomic mass is 35.5. The van der Waals surface area contributed by atoms with Crippen molar-refractivity contribution >= 4 is 48.0 Å². The summed E-state index contributed by atoms with van der Waals surface area (Å²) in [5, 5.41) is 8.34. The van der Waals surface area contributed by atoms with E-state index in [4.69, 9.17) is 5.73 Å². The summed E-state index contributed by atoms with van der Waals surface area (Å²) in [5.41, 5.74) is 6.55. The van der Waals surface area contributed by atoms with Crippen molar-refractivity contribution in [3.63, 3.8) is 0 Å². The molecule has 6 nitrogen and oxygen atoms in total. The van der Waals surface area contributed by atoms with Crippen LogP contribution in [0.4, 0.5) is 0 Å². The summed E-state index contributed by atoms with van der Waals surface area (Å²) < 4.78 is 0. The lowest BCUT2D eigenvalue weighted by atomic mass is 10.1. The van der Waals surface area contributed by atoms with Crippen LogP contribution < -0.4 is 16.4 Å². The van der Waals surface area contributed by atoms with Crippen molar-refractivity contribution in [3.05, 3.63) is 16.1 Å². The number of carbonyl (C=O) groups is 2. The van der Waals surface area contributed by atoms with Crippen LogP contribution in [-0.2, 0) is 16.0 Å². The maximum Gasteiger partial charge on any atom is 0.239 e. The fraction of sp³-hybridized carbons (Fsp3) is 0.643. The predicted octanol–water partition coefficient (Wildman–Crippen LogP) is 1.83. The van der Waals surface area contributed by atoms with Crippen LogP contribution in [0.2, 0.25) is 0 Å². The molecule has 0 aromatic carbocycles. The molecule has 0 aliphatic heterocycles. The average molecular weight is 385 g/mol. The first-order valence-corrected chi connectivity index (χ1v) is 8.00. The number of nitrogens with two attached hydrogens (primary N) is 1. The minimum atomic E-state index is -0.596. The highest BCUT2D eigenvalue weighted by Gasteiger charge is 2.18. The lowest BCUT2D eigenvalue weighted by molar-refractivity contribution is -0.127. The molecule has 0 saturated carbocycles. The second-order valence-electron chi connectivity index (χ2n) is 5.30. The van der Waals surface area contributed by atoms with E-state index in [0.29, 0.717) is 0 Å². The first kappa shape index (κ1) is 24.4. The van der Waals surface area contributed by atoms with Crippen LogP contribution in [0, 0.1) is 5.92 Å². The number of hydrogen-bond acceptors (Lipinski definition) is 5. The highest BCUT2D eigenvalue weighted by Crippen LogP contribution is 2.16. The molecule has 1 rings (SSSR count). The Morgan fingerprint density at radius 3 is 2.39 bits per heavy atom. The van der Waals surface area contributed by atoms with Crippen molar-refractivity contribution in [1.29, 1.82) is 0 Å². The van der Waals surface area contributed by atoms with E-state index in [0.717, 1.165) is 17.1 Å². The van der Waals surface area contributed by atoms with E-state index in [-0.39, 0.29) is 55.1 Å². The molecular weight excluding hydrogens is 359 g/mol. The number of thiazole rings is 1. The molecule has 0 spiro atoms. The number of halogens is 2. The van der Waals surface area contributed by atoms with Crippen molar-refractivity contribution in [1.82, 2.24) is 15.6 Å². The first-order chi connectivity index (χ1) is 9.85. The van der Waals surface area contributed by atoms with Gasteiger partial charge in [-0.05, 0) is 19.3 Å². The fourth-order valence-electron chi connectivity index (χ4n) is 1.64. The molecule has 0 aliphatic rings. The molecule has 2 amide bonds. The van der Waals surface area contributed by atoms with E-state index >= 15 is 0 Å². The monoisotopic (exact) mass is 384 g/mol. The van der Waals surface area contributed by atoms with Gasteiger partial charge in [0.15, 0.2) is 0 Å². The molecule has 134 valence electrons. The average Bonchev–Trinajstić information content (AvgIpc) is 2.92. The molecule has 9 heteroatoms. The minimum absolute atomic E-state index is 0. The minimum Gasteiger partial charge on any atom is -0.346 e. The van der Waals surface area contributed by atoms with Crippen LogP contribution in [0.25, 0.3) is 0 Å². The lowest BCUT2D eigenvalue weighted by Crippen LogP contribution is -2.47. The van der Waals surface area contributed by atoms with Gasteiger partial charge >= 0.3 is 0 Å². The SMILES string of the molecule is CCc1nc(C(C)NC(=O)CNC(=O)[C@@H](N)C(C)C)cs1.Cl.Cl. The second kappa shape index (κ2) is 11.6. The highest BCUT2D eigenvalue weighted by molar-refractivity contribution is 7.09. The number of aromatic nitrogens is 1. The van der Waals surface area contributed by atoms with E-state index in [1.54, 1.807) is 11.3 Å². The Balaban J connectivity index is 0. The van der Waals surface area contributed by atoms with Gasteiger partial charge in [-0.2, -0.15) is 0 Å². The van der Waals surface area contributed by atoms with Crippen LogP contribution in [0.1, 0.15) is 44.4 Å². The quantitative estimate of drug-likeness (QED) is 0.667. The van der Waals surface area contributed by atoms with Crippen LogP contribution in [-0.4, -0.2) is 29.4 Å². The third kappa shape index (κ3) is 7.97. The van der Waals surface area contributed by atoms with Crippen molar-refractivity contribution < 1.29 is 9.59 Å².